The van der Waals surface area contributed by atoms with Gasteiger partial charge in [-0.25, -0.2) is 19.2 Å². The lowest BCUT2D eigenvalue weighted by Gasteiger charge is -2.35. The molecule has 6 rings (SSSR count). The van der Waals surface area contributed by atoms with E-state index in [9.17, 15) is 14.3 Å². The molecule has 3 aromatic heterocycles. The summed E-state index contributed by atoms with van der Waals surface area (Å²) in [5.41, 5.74) is 2.25. The third kappa shape index (κ3) is 5.77. The van der Waals surface area contributed by atoms with Crippen molar-refractivity contribution in [1.82, 2.24) is 24.4 Å². The monoisotopic (exact) mass is 567 g/mol. The Morgan fingerprint density at radius 1 is 1.07 bits per heavy atom. The van der Waals surface area contributed by atoms with Crippen LogP contribution in [0.4, 0.5) is 10.2 Å². The Morgan fingerprint density at radius 3 is 2.67 bits per heavy atom. The molecule has 42 heavy (non-hydrogen) atoms. The molecule has 0 amide bonds. The van der Waals surface area contributed by atoms with E-state index in [0.717, 1.165) is 48.9 Å². The van der Waals surface area contributed by atoms with E-state index in [2.05, 4.69) is 19.8 Å². The van der Waals surface area contributed by atoms with Crippen molar-refractivity contribution >= 4 is 22.8 Å². The third-order valence-electron chi connectivity index (χ3n) is 7.20. The van der Waals surface area contributed by atoms with Crippen molar-refractivity contribution in [2.24, 2.45) is 0 Å². The highest BCUT2D eigenvalue weighted by Gasteiger charge is 2.22. The zero-order valence-corrected chi connectivity index (χ0v) is 22.5. The molecule has 0 aliphatic carbocycles. The smallest absolute Gasteiger partial charge is 0.335 e. The van der Waals surface area contributed by atoms with E-state index in [-0.39, 0.29) is 17.7 Å². The number of aromatic nitrogens is 4. The molecule has 0 spiro atoms. The number of anilines is 1. The van der Waals surface area contributed by atoms with E-state index >= 15 is 0 Å². The Morgan fingerprint density at radius 2 is 1.93 bits per heavy atom. The minimum absolute atomic E-state index is 0.00476. The van der Waals surface area contributed by atoms with Gasteiger partial charge in [-0.3, -0.25) is 4.90 Å². The molecule has 0 unspecified atom stereocenters. The summed E-state index contributed by atoms with van der Waals surface area (Å²) in [7, 11) is 0. The lowest BCUT2D eigenvalue weighted by Crippen LogP contribution is -2.46. The number of pyridine rings is 1. The standard InChI is InChI=1S/C30H26FN7O4/c31-24-12-20(14-32)4-5-22(24)18-41-29-3-1-2-27(35-29)37-10-8-36(9-11-37)17-28-34-25-7-6-21(30(39)40)13-26(25)38(28)16-23-15-33-19-42-23/h1-7,12-13,15,19H,8-11,16-18H2,(H,39,40). The fraction of sp³-hybridized carbons (Fsp3) is 0.233. The maximum atomic E-state index is 14.2. The molecule has 212 valence electrons. The van der Waals surface area contributed by atoms with Gasteiger partial charge in [-0.1, -0.05) is 12.1 Å². The number of nitriles is 1. The number of fused-ring (bicyclic) bond motifs is 1. The van der Waals surface area contributed by atoms with Crippen molar-refractivity contribution in [3.05, 3.63) is 101 Å². The van der Waals surface area contributed by atoms with E-state index in [1.54, 1.807) is 42.6 Å². The van der Waals surface area contributed by atoms with Crippen molar-refractivity contribution in [1.29, 1.82) is 5.26 Å². The van der Waals surface area contributed by atoms with Crippen molar-refractivity contribution in [2.45, 2.75) is 19.7 Å². The number of ether oxygens (including phenoxy) is 1. The number of carboxylic acids is 1. The quantitative estimate of drug-likeness (QED) is 0.278. The van der Waals surface area contributed by atoms with Crippen LogP contribution in [0.25, 0.3) is 11.0 Å². The number of benzene rings is 2. The van der Waals surface area contributed by atoms with E-state index in [1.165, 1.54) is 12.5 Å². The number of hydrogen-bond donors (Lipinski definition) is 1. The lowest BCUT2D eigenvalue weighted by molar-refractivity contribution is 0.0697. The van der Waals surface area contributed by atoms with Gasteiger partial charge in [0.2, 0.25) is 5.88 Å². The van der Waals surface area contributed by atoms with Crippen molar-refractivity contribution in [3.8, 4) is 11.9 Å². The fourth-order valence-electron chi connectivity index (χ4n) is 4.96. The first-order chi connectivity index (χ1) is 20.5. The Hall–Kier alpha value is -5.28. The Kier molecular flexibility index (Phi) is 7.49. The summed E-state index contributed by atoms with van der Waals surface area (Å²) in [6, 6.07) is 16.6. The van der Waals surface area contributed by atoms with Crippen LogP contribution in [0.1, 0.15) is 33.1 Å². The Labute approximate surface area is 240 Å². The van der Waals surface area contributed by atoms with Crippen LogP contribution < -0.4 is 9.64 Å². The van der Waals surface area contributed by atoms with Crippen molar-refractivity contribution in [2.75, 3.05) is 31.1 Å². The fourth-order valence-corrected chi connectivity index (χ4v) is 4.96. The molecule has 11 nitrogen and oxygen atoms in total. The number of imidazole rings is 1. The van der Waals surface area contributed by atoms with Crippen LogP contribution in [-0.4, -0.2) is 61.7 Å². The summed E-state index contributed by atoms with van der Waals surface area (Å²) < 4.78 is 27.4. The molecule has 1 saturated heterocycles. The summed E-state index contributed by atoms with van der Waals surface area (Å²) in [6.07, 6.45) is 3.01. The summed E-state index contributed by atoms with van der Waals surface area (Å²) in [5, 5.41) is 18.4. The molecule has 1 N–H and O–H groups in total. The van der Waals surface area contributed by atoms with E-state index in [1.807, 2.05) is 22.8 Å². The normalized spacial score (nSPS) is 13.8. The molecule has 12 heteroatoms. The Balaban J connectivity index is 1.12. The molecule has 0 radical (unpaired) electrons. The van der Waals surface area contributed by atoms with Gasteiger partial charge < -0.3 is 23.7 Å². The highest BCUT2D eigenvalue weighted by Crippen LogP contribution is 2.23. The van der Waals surface area contributed by atoms with Crippen molar-refractivity contribution in [3.63, 3.8) is 0 Å². The molecule has 5 aromatic rings. The zero-order chi connectivity index (χ0) is 29.1. The maximum absolute atomic E-state index is 14.2. The third-order valence-corrected chi connectivity index (χ3v) is 7.20. The number of hydrogen-bond acceptors (Lipinski definition) is 9. The van der Waals surface area contributed by atoms with Gasteiger partial charge in [0.05, 0.1) is 47.5 Å². The summed E-state index contributed by atoms with van der Waals surface area (Å²) >= 11 is 0. The van der Waals surface area contributed by atoms with Gasteiger partial charge in [0.15, 0.2) is 6.39 Å². The summed E-state index contributed by atoms with van der Waals surface area (Å²) in [6.45, 7) is 3.94. The number of halogens is 1. The highest BCUT2D eigenvalue weighted by molar-refractivity contribution is 5.92. The number of aromatic carboxylic acids is 1. The van der Waals surface area contributed by atoms with Gasteiger partial charge in [-0.15, -0.1) is 0 Å². The maximum Gasteiger partial charge on any atom is 0.335 e. The van der Waals surface area contributed by atoms with Gasteiger partial charge in [0.25, 0.3) is 0 Å². The Bertz CT molecular complexity index is 1770. The van der Waals surface area contributed by atoms with Gasteiger partial charge in [0, 0.05) is 37.8 Å². The van der Waals surface area contributed by atoms with E-state index in [0.29, 0.717) is 30.3 Å². The number of carboxylic acid groups (broad SMARTS) is 1. The molecule has 2 aromatic carbocycles. The first-order valence-corrected chi connectivity index (χ1v) is 13.3. The summed E-state index contributed by atoms with van der Waals surface area (Å²) in [5.74, 6) is 1.13. The number of oxazole rings is 1. The van der Waals surface area contributed by atoms with Crippen LogP contribution in [0.2, 0.25) is 0 Å². The minimum Gasteiger partial charge on any atom is -0.478 e. The van der Waals surface area contributed by atoms with E-state index in [4.69, 9.17) is 19.4 Å². The number of carbonyl (C=O) groups is 1. The van der Waals surface area contributed by atoms with Crippen LogP contribution in [0.5, 0.6) is 5.88 Å². The van der Waals surface area contributed by atoms with Crippen LogP contribution >= 0.6 is 0 Å². The topological polar surface area (TPSA) is 134 Å². The molecular formula is C30H26FN7O4. The van der Waals surface area contributed by atoms with Crippen LogP contribution in [-0.2, 0) is 19.7 Å². The molecule has 0 saturated carbocycles. The highest BCUT2D eigenvalue weighted by atomic mass is 19.1. The van der Waals surface area contributed by atoms with Gasteiger partial charge >= 0.3 is 5.97 Å². The summed E-state index contributed by atoms with van der Waals surface area (Å²) in [4.78, 5) is 29.5. The molecule has 4 heterocycles. The lowest BCUT2D eigenvalue weighted by atomic mass is 10.1. The van der Waals surface area contributed by atoms with Crippen LogP contribution in [0, 0.1) is 17.1 Å². The van der Waals surface area contributed by atoms with Crippen molar-refractivity contribution < 1.29 is 23.4 Å². The van der Waals surface area contributed by atoms with Crippen LogP contribution in [0.15, 0.2) is 71.6 Å². The average molecular weight is 568 g/mol. The second kappa shape index (κ2) is 11.7. The average Bonchev–Trinajstić information content (AvgIpc) is 3.65. The molecule has 1 aliphatic rings. The van der Waals surface area contributed by atoms with E-state index < -0.39 is 11.8 Å². The minimum atomic E-state index is -0.994. The second-order valence-electron chi connectivity index (χ2n) is 9.89. The van der Waals surface area contributed by atoms with Crippen LogP contribution in [0.3, 0.4) is 0 Å². The molecular weight excluding hydrogens is 541 g/mol. The number of nitrogens with zero attached hydrogens (tertiary/aromatic N) is 7. The SMILES string of the molecule is N#Cc1ccc(COc2cccc(N3CCN(Cc4nc5ccc(C(=O)O)cc5n4Cc4cnco4)CC3)n2)c(F)c1. The molecule has 1 fully saturated rings. The molecule has 1 aliphatic heterocycles. The number of rotatable bonds is 9. The predicted molar refractivity (Wildman–Crippen MR) is 149 cm³/mol. The second-order valence-corrected chi connectivity index (χ2v) is 9.89. The first-order valence-electron chi connectivity index (χ1n) is 13.3. The number of piperazine rings is 1. The van der Waals surface area contributed by atoms with Gasteiger partial charge in [0.1, 0.15) is 29.8 Å². The molecule has 0 atom stereocenters. The predicted octanol–water partition coefficient (Wildman–Crippen LogP) is 4.08. The first kappa shape index (κ1) is 26.9. The van der Waals surface area contributed by atoms with Gasteiger partial charge in [-0.2, -0.15) is 10.2 Å². The molecule has 0 bridgehead atoms. The zero-order valence-electron chi connectivity index (χ0n) is 22.5. The largest absolute Gasteiger partial charge is 0.478 e. The van der Waals surface area contributed by atoms with Gasteiger partial charge in [-0.05, 0) is 36.4 Å².